The van der Waals surface area contributed by atoms with Gasteiger partial charge in [0.1, 0.15) is 0 Å². The van der Waals surface area contributed by atoms with Gasteiger partial charge in [-0.15, -0.1) is 11.8 Å². The van der Waals surface area contributed by atoms with Crippen molar-refractivity contribution < 1.29 is 14.5 Å². The van der Waals surface area contributed by atoms with E-state index in [9.17, 15) is 19.7 Å². The predicted octanol–water partition coefficient (Wildman–Crippen LogP) is 0.591. The third kappa shape index (κ3) is 4.43. The van der Waals surface area contributed by atoms with Gasteiger partial charge in [0.25, 0.3) is 5.69 Å². The van der Waals surface area contributed by atoms with Crippen LogP contribution >= 0.6 is 11.8 Å². The number of hydrogen-bond acceptors (Lipinski definition) is 6. The fourth-order valence-electron chi connectivity index (χ4n) is 1.58. The summed E-state index contributed by atoms with van der Waals surface area (Å²) < 4.78 is 0. The molecule has 0 fully saturated rings. The molecule has 0 aliphatic carbocycles. The molecule has 4 N–H and O–H groups in total. The molecule has 2 amide bonds. The molecule has 0 bridgehead atoms. The lowest BCUT2D eigenvalue weighted by molar-refractivity contribution is -0.387. The van der Waals surface area contributed by atoms with Gasteiger partial charge in [0.15, 0.2) is 0 Å². The molecule has 0 radical (unpaired) electrons. The third-order valence-electron chi connectivity index (χ3n) is 3.19. The second-order valence-electron chi connectivity index (χ2n) is 4.68. The van der Waals surface area contributed by atoms with E-state index in [-0.39, 0.29) is 29.0 Å². The minimum absolute atomic E-state index is 0.0393. The Morgan fingerprint density at radius 1 is 1.45 bits per heavy atom. The number of rotatable bonds is 7. The van der Waals surface area contributed by atoms with Gasteiger partial charge in [0.2, 0.25) is 11.8 Å². The van der Waals surface area contributed by atoms with Gasteiger partial charge >= 0.3 is 0 Å². The third-order valence-corrected chi connectivity index (χ3v) is 4.23. The van der Waals surface area contributed by atoms with Crippen LogP contribution in [0.1, 0.15) is 17.3 Å². The zero-order chi connectivity index (χ0) is 16.9. The number of amides is 2. The largest absolute Gasteiger partial charge is 0.366 e. The molecular formula is C13H18N4O4S. The number of hydrogen-bond donors (Lipinski definition) is 2. The number of primary amides is 1. The molecular weight excluding hydrogens is 308 g/mol. The van der Waals surface area contributed by atoms with Crippen molar-refractivity contribution in [2.45, 2.75) is 17.9 Å². The van der Waals surface area contributed by atoms with Crippen LogP contribution in [0.5, 0.6) is 0 Å². The molecule has 1 unspecified atom stereocenters. The zero-order valence-corrected chi connectivity index (χ0v) is 13.1. The number of carbonyl (C=O) groups excluding carboxylic acids is 2. The number of thioether (sulfide) groups is 1. The second-order valence-corrected chi connectivity index (χ2v) is 5.70. The van der Waals surface area contributed by atoms with Crippen molar-refractivity contribution in [3.63, 3.8) is 0 Å². The van der Waals surface area contributed by atoms with Gasteiger partial charge in [-0.05, 0) is 19.1 Å². The Morgan fingerprint density at radius 3 is 2.59 bits per heavy atom. The van der Waals surface area contributed by atoms with Gasteiger partial charge in [-0.3, -0.25) is 19.7 Å². The summed E-state index contributed by atoms with van der Waals surface area (Å²) in [5, 5.41) is 11.1. The maximum absolute atomic E-state index is 12.0. The highest BCUT2D eigenvalue weighted by Gasteiger charge is 2.20. The summed E-state index contributed by atoms with van der Waals surface area (Å²) in [5.41, 5.74) is 10.4. The summed E-state index contributed by atoms with van der Waals surface area (Å²) in [6, 6.07) is 3.82. The summed E-state index contributed by atoms with van der Waals surface area (Å²) in [6.45, 7) is 2.15. The molecule has 1 aromatic carbocycles. The lowest BCUT2D eigenvalue weighted by Gasteiger charge is -2.23. The molecule has 1 atom stereocenters. The molecule has 0 saturated heterocycles. The Bertz CT molecular complexity index is 593. The number of nitro groups is 1. The van der Waals surface area contributed by atoms with E-state index in [1.165, 1.54) is 17.0 Å². The van der Waals surface area contributed by atoms with Gasteiger partial charge in [-0.2, -0.15) is 0 Å². The fourth-order valence-corrected chi connectivity index (χ4v) is 2.51. The van der Waals surface area contributed by atoms with Crippen molar-refractivity contribution in [1.82, 2.24) is 4.90 Å². The van der Waals surface area contributed by atoms with E-state index in [1.54, 1.807) is 7.05 Å². The summed E-state index contributed by atoms with van der Waals surface area (Å²) in [5.74, 6) is -0.888. The summed E-state index contributed by atoms with van der Waals surface area (Å²) >= 11 is 1.03. The fraction of sp³-hybridized carbons (Fsp3) is 0.385. The van der Waals surface area contributed by atoms with Crippen LogP contribution in [-0.2, 0) is 4.79 Å². The Kier molecular flexibility index (Phi) is 6.32. The average molecular weight is 326 g/mol. The van der Waals surface area contributed by atoms with Gasteiger partial charge in [0.05, 0.1) is 15.6 Å². The van der Waals surface area contributed by atoms with Crippen molar-refractivity contribution in [3.8, 4) is 0 Å². The zero-order valence-electron chi connectivity index (χ0n) is 12.3. The van der Waals surface area contributed by atoms with Crippen molar-refractivity contribution >= 4 is 29.3 Å². The Labute approximate surface area is 132 Å². The van der Waals surface area contributed by atoms with Gasteiger partial charge in [-0.25, -0.2) is 0 Å². The molecule has 0 heterocycles. The van der Waals surface area contributed by atoms with E-state index < -0.39 is 10.8 Å². The van der Waals surface area contributed by atoms with Crippen molar-refractivity contribution in [2.24, 2.45) is 11.5 Å². The monoisotopic (exact) mass is 326 g/mol. The topological polar surface area (TPSA) is 133 Å². The van der Waals surface area contributed by atoms with E-state index in [0.717, 1.165) is 17.8 Å². The first-order valence-corrected chi connectivity index (χ1v) is 7.43. The first-order chi connectivity index (χ1) is 10.3. The highest BCUT2D eigenvalue weighted by molar-refractivity contribution is 8.00. The Balaban J connectivity index is 2.88. The summed E-state index contributed by atoms with van der Waals surface area (Å²) in [7, 11) is 1.63. The summed E-state index contributed by atoms with van der Waals surface area (Å²) in [4.78, 5) is 35.3. The van der Waals surface area contributed by atoms with Crippen molar-refractivity contribution in [1.29, 1.82) is 0 Å². The normalized spacial score (nSPS) is 11.8. The molecule has 120 valence electrons. The molecule has 0 aliphatic rings. The number of nitrogens with two attached hydrogens (primary N) is 2. The van der Waals surface area contributed by atoms with E-state index in [0.29, 0.717) is 11.4 Å². The van der Waals surface area contributed by atoms with Crippen molar-refractivity contribution in [2.75, 3.05) is 19.3 Å². The minimum atomic E-state index is -0.743. The minimum Gasteiger partial charge on any atom is -0.366 e. The van der Waals surface area contributed by atoms with Crippen LogP contribution in [0.2, 0.25) is 0 Å². The number of carbonyl (C=O) groups is 2. The maximum Gasteiger partial charge on any atom is 0.283 e. The average Bonchev–Trinajstić information content (AvgIpc) is 2.50. The quantitative estimate of drug-likeness (QED) is 0.428. The number of nitro benzene ring substituents is 1. The molecule has 8 nitrogen and oxygen atoms in total. The van der Waals surface area contributed by atoms with E-state index in [1.807, 2.05) is 6.92 Å². The molecule has 1 rings (SSSR count). The standard InChI is InChI=1S/C13H18N4O4S/c1-8(6-14)16(2)12(18)7-22-11-4-3-9(13(15)19)5-10(11)17(20)21/h3-5,8H,6-7,14H2,1-2H3,(H2,15,19). The molecule has 9 heteroatoms. The Hall–Kier alpha value is -2.13. The highest BCUT2D eigenvalue weighted by Crippen LogP contribution is 2.30. The van der Waals surface area contributed by atoms with Crippen LogP contribution in [0.3, 0.4) is 0 Å². The number of nitrogens with zero attached hydrogens (tertiary/aromatic N) is 2. The Morgan fingerprint density at radius 2 is 2.09 bits per heavy atom. The SMILES string of the molecule is CC(CN)N(C)C(=O)CSc1ccc(C(N)=O)cc1[N+](=O)[O-]. The molecule has 0 spiro atoms. The first-order valence-electron chi connectivity index (χ1n) is 6.44. The first kappa shape index (κ1) is 17.9. The highest BCUT2D eigenvalue weighted by atomic mass is 32.2. The van der Waals surface area contributed by atoms with E-state index in [4.69, 9.17) is 11.5 Å². The van der Waals surface area contributed by atoms with E-state index >= 15 is 0 Å². The van der Waals surface area contributed by atoms with E-state index in [2.05, 4.69) is 0 Å². The van der Waals surface area contributed by atoms with Gasteiger partial charge in [-0.1, -0.05) is 0 Å². The van der Waals surface area contributed by atoms with Crippen LogP contribution in [0.25, 0.3) is 0 Å². The molecule has 0 saturated carbocycles. The van der Waals surface area contributed by atoms with Gasteiger partial charge in [0, 0.05) is 31.3 Å². The lowest BCUT2D eigenvalue weighted by atomic mass is 10.2. The molecule has 0 aliphatic heterocycles. The van der Waals surface area contributed by atoms with Crippen LogP contribution in [0, 0.1) is 10.1 Å². The number of benzene rings is 1. The second kappa shape index (κ2) is 7.76. The molecule has 0 aromatic heterocycles. The van der Waals surface area contributed by atoms with Crippen molar-refractivity contribution in [3.05, 3.63) is 33.9 Å². The van der Waals surface area contributed by atoms with Crippen LogP contribution in [0.4, 0.5) is 5.69 Å². The van der Waals surface area contributed by atoms with Crippen LogP contribution in [0.15, 0.2) is 23.1 Å². The van der Waals surface area contributed by atoms with Crippen LogP contribution in [-0.4, -0.2) is 47.0 Å². The number of likely N-dealkylation sites (N-methyl/N-ethyl adjacent to an activating group) is 1. The van der Waals surface area contributed by atoms with Crippen LogP contribution < -0.4 is 11.5 Å². The molecule has 1 aromatic rings. The smallest absolute Gasteiger partial charge is 0.283 e. The lowest BCUT2D eigenvalue weighted by Crippen LogP contribution is -2.40. The molecule has 22 heavy (non-hydrogen) atoms. The predicted molar refractivity (Wildman–Crippen MR) is 83.6 cm³/mol. The summed E-state index contributed by atoms with van der Waals surface area (Å²) in [6.07, 6.45) is 0. The maximum atomic E-state index is 12.0. The van der Waals surface area contributed by atoms with Gasteiger partial charge < -0.3 is 16.4 Å².